The van der Waals surface area contributed by atoms with Gasteiger partial charge in [-0.2, -0.15) is 4.31 Å². The van der Waals surface area contributed by atoms with Gasteiger partial charge in [-0.25, -0.2) is 12.8 Å². The van der Waals surface area contributed by atoms with Crippen LogP contribution in [-0.2, 0) is 21.2 Å². The summed E-state index contributed by atoms with van der Waals surface area (Å²) in [5, 5.41) is 16.5. The molecule has 1 aliphatic carbocycles. The molecule has 5 atom stereocenters. The number of aliphatic hydroxyl groups is 1. The molecule has 1 unspecified atom stereocenters. The monoisotopic (exact) mass is 621 g/mol. The summed E-state index contributed by atoms with van der Waals surface area (Å²) < 4.78 is 42.5. The van der Waals surface area contributed by atoms with Crippen LogP contribution in [0.4, 0.5) is 10.1 Å². The van der Waals surface area contributed by atoms with E-state index < -0.39 is 27.8 Å². The molecule has 3 fully saturated rings. The number of hydrogen-bond donors (Lipinski definition) is 4. The molecule has 1 amide bonds. The summed E-state index contributed by atoms with van der Waals surface area (Å²) in [6.45, 7) is 1.09. The highest BCUT2D eigenvalue weighted by molar-refractivity contribution is 7.89. The summed E-state index contributed by atoms with van der Waals surface area (Å²) in [7, 11) is -3.37. The zero-order chi connectivity index (χ0) is 29.9. The Balaban J connectivity index is 1.32. The second-order valence-corrected chi connectivity index (χ2v) is 14.5. The van der Waals surface area contributed by atoms with Crippen LogP contribution in [0.1, 0.15) is 62.0 Å². The van der Waals surface area contributed by atoms with E-state index in [1.54, 1.807) is 16.4 Å². The number of carbonyl (C=O) groups is 1. The molecule has 3 aliphatic rings. The van der Waals surface area contributed by atoms with Crippen molar-refractivity contribution < 1.29 is 22.7 Å². The first-order chi connectivity index (χ1) is 20.2. The molecule has 42 heavy (non-hydrogen) atoms. The second kappa shape index (κ2) is 13.7. The van der Waals surface area contributed by atoms with E-state index in [-0.39, 0.29) is 59.9 Å². The van der Waals surface area contributed by atoms with Crippen molar-refractivity contribution in [2.75, 3.05) is 30.8 Å². The van der Waals surface area contributed by atoms with Gasteiger partial charge in [-0.3, -0.25) is 9.78 Å². The minimum Gasteiger partial charge on any atom is -0.396 e. The number of amides is 1. The number of sulfonamides is 1. The standard InChI is InChI=1S/C30H41ClFN5O4S/c31-22-9-7-21(8-10-22)28(20-5-3-19(18-38)4-6-20)29(33)30(39)36-27-16-34-15-26(32)25(27)12-11-24-14-35-23-2-1-13-42(40,41)37(24)17-23/h7-10,15-16,19-20,23-24,28-29,35,38H,1-6,11-14,17-18,33H2,(H,36,39)/t19-,20-,23-,24+,28-,29+/m1/s1. The fourth-order valence-corrected chi connectivity index (χ4v) is 8.88. The van der Waals surface area contributed by atoms with Gasteiger partial charge in [0, 0.05) is 48.3 Å². The molecule has 1 aromatic heterocycles. The summed E-state index contributed by atoms with van der Waals surface area (Å²) in [5.74, 6) is -0.767. The Kier molecular flexibility index (Phi) is 10.2. The highest BCUT2D eigenvalue weighted by Crippen LogP contribution is 2.40. The number of nitrogens with one attached hydrogen (secondary N) is 2. The van der Waals surface area contributed by atoms with Crippen LogP contribution in [0, 0.1) is 17.7 Å². The number of benzene rings is 1. The Morgan fingerprint density at radius 1 is 1.19 bits per heavy atom. The number of nitrogens with zero attached hydrogens (tertiary/aromatic N) is 2. The average Bonchev–Trinajstić information content (AvgIpc) is 3.10. The highest BCUT2D eigenvalue weighted by Gasteiger charge is 2.39. The van der Waals surface area contributed by atoms with Gasteiger partial charge in [-0.1, -0.05) is 23.7 Å². The van der Waals surface area contributed by atoms with Crippen molar-refractivity contribution in [1.29, 1.82) is 0 Å². The van der Waals surface area contributed by atoms with Crippen molar-refractivity contribution in [1.82, 2.24) is 14.6 Å². The number of aromatic nitrogens is 1. The third kappa shape index (κ3) is 7.14. The second-order valence-electron chi connectivity index (χ2n) is 12.0. The lowest BCUT2D eigenvalue weighted by molar-refractivity contribution is -0.118. The van der Waals surface area contributed by atoms with Crippen LogP contribution >= 0.6 is 11.6 Å². The molecule has 0 spiro atoms. The molecule has 1 aromatic carbocycles. The minimum absolute atomic E-state index is 0.126. The number of carbonyl (C=O) groups excluding carboxylic acids is 1. The molecule has 12 heteroatoms. The Morgan fingerprint density at radius 2 is 1.93 bits per heavy atom. The van der Waals surface area contributed by atoms with Gasteiger partial charge in [0.25, 0.3) is 0 Å². The van der Waals surface area contributed by atoms with E-state index in [4.69, 9.17) is 17.3 Å². The van der Waals surface area contributed by atoms with Crippen LogP contribution < -0.4 is 16.4 Å². The molecule has 3 heterocycles. The Morgan fingerprint density at radius 3 is 2.64 bits per heavy atom. The molecule has 5 rings (SSSR count). The van der Waals surface area contributed by atoms with E-state index in [0.29, 0.717) is 31.0 Å². The first-order valence-corrected chi connectivity index (χ1v) is 16.9. The Bertz CT molecular complexity index is 1340. The van der Waals surface area contributed by atoms with Crippen LogP contribution in [0.2, 0.25) is 5.02 Å². The third-order valence-corrected chi connectivity index (χ3v) is 11.6. The van der Waals surface area contributed by atoms with Gasteiger partial charge < -0.3 is 21.5 Å². The van der Waals surface area contributed by atoms with Crippen molar-refractivity contribution in [2.45, 2.75) is 75.4 Å². The zero-order valence-corrected chi connectivity index (χ0v) is 25.3. The first kappa shape index (κ1) is 31.3. The fourth-order valence-electron chi connectivity index (χ4n) is 6.95. The molecule has 2 bridgehead atoms. The molecule has 2 aromatic rings. The van der Waals surface area contributed by atoms with E-state index >= 15 is 4.39 Å². The number of pyridine rings is 1. The third-order valence-electron chi connectivity index (χ3n) is 9.35. The number of fused-ring (bicyclic) bond motifs is 2. The van der Waals surface area contributed by atoms with E-state index in [1.165, 1.54) is 6.20 Å². The van der Waals surface area contributed by atoms with E-state index in [0.717, 1.165) is 43.9 Å². The first-order valence-electron chi connectivity index (χ1n) is 14.9. The number of hydrogen-bond acceptors (Lipinski definition) is 7. The van der Waals surface area contributed by atoms with Crippen LogP contribution in [0.15, 0.2) is 36.7 Å². The topological polar surface area (TPSA) is 138 Å². The fraction of sp³-hybridized carbons (Fsp3) is 0.600. The minimum atomic E-state index is -3.37. The summed E-state index contributed by atoms with van der Waals surface area (Å²) in [5.41, 5.74) is 8.11. The van der Waals surface area contributed by atoms with Crippen molar-refractivity contribution in [3.63, 3.8) is 0 Å². The van der Waals surface area contributed by atoms with Crippen molar-refractivity contribution >= 4 is 33.2 Å². The highest BCUT2D eigenvalue weighted by atomic mass is 35.5. The van der Waals surface area contributed by atoms with Crippen LogP contribution in [0.3, 0.4) is 0 Å². The number of nitrogens with two attached hydrogens (primary N) is 1. The molecule has 2 aliphatic heterocycles. The smallest absolute Gasteiger partial charge is 0.241 e. The number of halogens is 2. The molecular formula is C30H41ClFN5O4S. The van der Waals surface area contributed by atoms with Gasteiger partial charge >= 0.3 is 0 Å². The molecule has 5 N–H and O–H groups in total. The maximum absolute atomic E-state index is 15.1. The molecule has 9 nitrogen and oxygen atoms in total. The van der Waals surface area contributed by atoms with Crippen molar-refractivity contribution in [2.24, 2.45) is 17.6 Å². The van der Waals surface area contributed by atoms with Crippen molar-refractivity contribution in [3.05, 3.63) is 58.6 Å². The SMILES string of the molecule is N[C@H](C(=O)Nc1cncc(F)c1CC[C@H]1CN[C@@H]2CCCS(=O)(=O)N1C2)[C@@H](c1ccc(Cl)cc1)[C@H]1CC[C@H](CO)CC1. The molecule has 0 radical (unpaired) electrons. The summed E-state index contributed by atoms with van der Waals surface area (Å²) in [4.78, 5) is 17.6. The maximum Gasteiger partial charge on any atom is 0.241 e. The van der Waals surface area contributed by atoms with Crippen LogP contribution in [0.25, 0.3) is 0 Å². The predicted octanol–water partition coefficient (Wildman–Crippen LogP) is 3.42. The average molecular weight is 622 g/mol. The Hall–Kier alpha value is -2.15. The van der Waals surface area contributed by atoms with E-state index in [9.17, 15) is 18.3 Å². The van der Waals surface area contributed by atoms with Gasteiger partial charge in [0.2, 0.25) is 15.9 Å². The molecule has 230 valence electrons. The number of anilines is 1. The summed E-state index contributed by atoms with van der Waals surface area (Å²) in [6.07, 6.45) is 8.00. The summed E-state index contributed by atoms with van der Waals surface area (Å²) in [6, 6.07) is 6.29. The zero-order valence-electron chi connectivity index (χ0n) is 23.7. The lowest BCUT2D eigenvalue weighted by atomic mass is 9.71. The quantitative estimate of drug-likeness (QED) is 0.337. The molecule has 1 saturated carbocycles. The molecular weight excluding hydrogens is 581 g/mol. The van der Waals surface area contributed by atoms with Gasteiger partial charge in [-0.05, 0) is 80.9 Å². The van der Waals surface area contributed by atoms with Crippen LogP contribution in [0.5, 0.6) is 0 Å². The Labute approximate surface area is 252 Å². The number of aliphatic hydroxyl groups excluding tert-OH is 1. The van der Waals surface area contributed by atoms with Crippen molar-refractivity contribution in [3.8, 4) is 0 Å². The lowest BCUT2D eigenvalue weighted by Gasteiger charge is -2.37. The number of piperazine rings is 1. The molecule has 2 saturated heterocycles. The van der Waals surface area contributed by atoms with Gasteiger partial charge in [-0.15, -0.1) is 0 Å². The van der Waals surface area contributed by atoms with Gasteiger partial charge in [0.15, 0.2) is 0 Å². The summed E-state index contributed by atoms with van der Waals surface area (Å²) >= 11 is 6.14. The van der Waals surface area contributed by atoms with E-state index in [1.807, 2.05) is 12.1 Å². The predicted molar refractivity (Wildman–Crippen MR) is 161 cm³/mol. The lowest BCUT2D eigenvalue weighted by Crippen LogP contribution is -2.57. The number of rotatable bonds is 9. The van der Waals surface area contributed by atoms with Gasteiger partial charge in [0.05, 0.1) is 29.9 Å². The maximum atomic E-state index is 15.1. The van der Waals surface area contributed by atoms with Gasteiger partial charge in [0.1, 0.15) is 5.82 Å². The normalized spacial score (nSPS) is 28.8. The van der Waals surface area contributed by atoms with Crippen LogP contribution in [-0.4, -0.2) is 72.3 Å². The largest absolute Gasteiger partial charge is 0.396 e. The van der Waals surface area contributed by atoms with E-state index in [2.05, 4.69) is 15.6 Å².